The number of likely N-dealkylation sites (tertiary alicyclic amines) is 1. The number of fused-ring (bicyclic) bond motifs is 1. The Morgan fingerprint density at radius 1 is 1.25 bits per heavy atom. The van der Waals surface area contributed by atoms with Crippen LogP contribution in [-0.2, 0) is 23.9 Å². The van der Waals surface area contributed by atoms with Gasteiger partial charge in [0.25, 0.3) is 11.8 Å². The second-order valence-corrected chi connectivity index (χ2v) is 7.48. The van der Waals surface area contributed by atoms with Crippen LogP contribution in [0.4, 0.5) is 5.00 Å². The summed E-state index contributed by atoms with van der Waals surface area (Å²) in [5.74, 6) is -3.86. The van der Waals surface area contributed by atoms with Gasteiger partial charge >= 0.3 is 5.97 Å². The van der Waals surface area contributed by atoms with Crippen LogP contribution in [0.2, 0.25) is 0 Å². The first-order valence-corrected chi connectivity index (χ1v) is 9.55. The van der Waals surface area contributed by atoms with Gasteiger partial charge in [0, 0.05) is 0 Å². The number of amides is 4. The van der Waals surface area contributed by atoms with E-state index in [-0.39, 0.29) is 10.6 Å². The number of nitrogens with two attached hydrogens (primary N) is 1. The predicted molar refractivity (Wildman–Crippen MR) is 99.1 cm³/mol. The average molecular weight is 405 g/mol. The standard InChI is InChI=1S/C18H19N3O6S/c1-9(15(24)20-16-12(14(19)23)6-7-28-16)27-13(22)8-21-17(25)10-4-2-3-5-11(10)18(21)26/h2-3,6-7,9-11H,4-5,8H2,1H3,(H2,19,23)(H,20,24)/t9-,10-,11+/m1/s1. The molecule has 0 radical (unpaired) electrons. The van der Waals surface area contributed by atoms with Gasteiger partial charge in [0.15, 0.2) is 6.10 Å². The number of ether oxygens (including phenoxy) is 1. The summed E-state index contributed by atoms with van der Waals surface area (Å²) in [7, 11) is 0. The van der Waals surface area contributed by atoms with E-state index in [1.807, 2.05) is 12.2 Å². The van der Waals surface area contributed by atoms with Gasteiger partial charge in [-0.05, 0) is 31.2 Å². The number of nitrogens with one attached hydrogen (secondary N) is 1. The van der Waals surface area contributed by atoms with Crippen molar-refractivity contribution in [2.75, 3.05) is 11.9 Å². The molecular formula is C18H19N3O6S. The molecule has 3 rings (SSSR count). The third-order valence-corrected chi connectivity index (χ3v) is 5.56. The van der Waals surface area contributed by atoms with Crippen LogP contribution in [-0.4, -0.2) is 47.1 Å². The van der Waals surface area contributed by atoms with Gasteiger partial charge in [0.1, 0.15) is 11.5 Å². The molecule has 2 aliphatic rings. The minimum Gasteiger partial charge on any atom is -0.451 e. The topological polar surface area (TPSA) is 136 Å². The molecule has 1 aliphatic carbocycles. The van der Waals surface area contributed by atoms with E-state index < -0.39 is 54.1 Å². The van der Waals surface area contributed by atoms with E-state index in [4.69, 9.17) is 10.5 Å². The lowest BCUT2D eigenvalue weighted by atomic mass is 9.85. The minimum atomic E-state index is -1.19. The molecule has 1 saturated heterocycles. The Kier molecular flexibility index (Phi) is 5.59. The fourth-order valence-electron chi connectivity index (χ4n) is 3.26. The summed E-state index contributed by atoms with van der Waals surface area (Å²) in [5, 5.41) is 4.31. The van der Waals surface area contributed by atoms with Gasteiger partial charge in [-0.3, -0.25) is 28.9 Å². The van der Waals surface area contributed by atoms with Crippen molar-refractivity contribution in [2.45, 2.75) is 25.9 Å². The zero-order valence-electron chi connectivity index (χ0n) is 15.0. The molecule has 10 heteroatoms. The Hall–Kier alpha value is -3.01. The number of thiophene rings is 1. The highest BCUT2D eigenvalue weighted by Gasteiger charge is 2.47. The molecule has 3 atom stereocenters. The normalized spacial score (nSPS) is 22.0. The second-order valence-electron chi connectivity index (χ2n) is 6.57. The molecule has 0 spiro atoms. The molecule has 9 nitrogen and oxygen atoms in total. The zero-order chi connectivity index (χ0) is 20.4. The number of hydrogen-bond acceptors (Lipinski definition) is 7. The number of primary amides is 1. The maximum Gasteiger partial charge on any atom is 0.326 e. The lowest BCUT2D eigenvalue weighted by Gasteiger charge is -2.17. The quantitative estimate of drug-likeness (QED) is 0.406. The van der Waals surface area contributed by atoms with Crippen LogP contribution in [0, 0.1) is 11.8 Å². The van der Waals surface area contributed by atoms with Crippen molar-refractivity contribution in [3.63, 3.8) is 0 Å². The summed E-state index contributed by atoms with van der Waals surface area (Å²) in [5.41, 5.74) is 5.37. The molecule has 0 bridgehead atoms. The number of hydrogen-bond donors (Lipinski definition) is 2. The summed E-state index contributed by atoms with van der Waals surface area (Å²) in [4.78, 5) is 61.3. The third kappa shape index (κ3) is 3.81. The smallest absolute Gasteiger partial charge is 0.326 e. The lowest BCUT2D eigenvalue weighted by Crippen LogP contribution is -2.39. The SMILES string of the molecule is C[C@@H](OC(=O)CN1C(=O)[C@H]2CC=CC[C@H]2C1=O)C(=O)Nc1sccc1C(N)=O. The number of imide groups is 1. The molecule has 148 valence electrons. The molecule has 0 saturated carbocycles. The average Bonchev–Trinajstić information content (AvgIpc) is 3.21. The van der Waals surface area contributed by atoms with Crippen LogP contribution < -0.4 is 11.1 Å². The van der Waals surface area contributed by atoms with Gasteiger partial charge in [-0.15, -0.1) is 11.3 Å². The Morgan fingerprint density at radius 3 is 2.43 bits per heavy atom. The first-order chi connectivity index (χ1) is 13.3. The summed E-state index contributed by atoms with van der Waals surface area (Å²) in [6, 6.07) is 1.47. The van der Waals surface area contributed by atoms with Crippen LogP contribution in [0.1, 0.15) is 30.1 Å². The Labute approximate surface area is 164 Å². The van der Waals surface area contributed by atoms with Crippen molar-refractivity contribution in [1.82, 2.24) is 4.90 Å². The maximum atomic E-state index is 12.4. The van der Waals surface area contributed by atoms with Gasteiger partial charge in [-0.1, -0.05) is 12.2 Å². The van der Waals surface area contributed by atoms with Gasteiger partial charge < -0.3 is 15.8 Å². The molecule has 4 amide bonds. The van der Waals surface area contributed by atoms with Gasteiger partial charge in [-0.25, -0.2) is 0 Å². The summed E-state index contributed by atoms with van der Waals surface area (Å²) in [6.07, 6.45) is 3.47. The van der Waals surface area contributed by atoms with E-state index in [2.05, 4.69) is 5.32 Å². The van der Waals surface area contributed by atoms with Crippen molar-refractivity contribution < 1.29 is 28.7 Å². The van der Waals surface area contributed by atoms with E-state index in [1.54, 1.807) is 5.38 Å². The van der Waals surface area contributed by atoms with E-state index in [1.165, 1.54) is 13.0 Å². The van der Waals surface area contributed by atoms with Gasteiger partial charge in [-0.2, -0.15) is 0 Å². The molecule has 1 aromatic heterocycles. The fourth-order valence-corrected chi connectivity index (χ4v) is 4.05. The number of anilines is 1. The predicted octanol–water partition coefficient (Wildman–Crippen LogP) is 0.668. The Balaban J connectivity index is 1.56. The van der Waals surface area contributed by atoms with Crippen molar-refractivity contribution in [1.29, 1.82) is 0 Å². The second kappa shape index (κ2) is 7.93. The number of carbonyl (C=O) groups excluding carboxylic acids is 5. The van der Waals surface area contributed by atoms with Crippen molar-refractivity contribution >= 4 is 45.9 Å². The van der Waals surface area contributed by atoms with E-state index in [0.717, 1.165) is 16.2 Å². The highest BCUT2D eigenvalue weighted by Crippen LogP contribution is 2.34. The molecule has 1 aliphatic heterocycles. The first-order valence-electron chi connectivity index (χ1n) is 8.67. The maximum absolute atomic E-state index is 12.4. The van der Waals surface area contributed by atoms with Crippen molar-refractivity contribution in [3.8, 4) is 0 Å². The molecule has 0 aromatic carbocycles. The number of carbonyl (C=O) groups is 5. The number of esters is 1. The molecule has 1 fully saturated rings. The zero-order valence-corrected chi connectivity index (χ0v) is 15.9. The lowest BCUT2D eigenvalue weighted by molar-refractivity contribution is -0.158. The van der Waals surface area contributed by atoms with Crippen molar-refractivity contribution in [3.05, 3.63) is 29.2 Å². The van der Waals surface area contributed by atoms with E-state index in [9.17, 15) is 24.0 Å². The first kappa shape index (κ1) is 19.7. The van der Waals surface area contributed by atoms with Gasteiger partial charge in [0.05, 0.1) is 17.4 Å². The third-order valence-electron chi connectivity index (χ3n) is 4.73. The van der Waals surface area contributed by atoms with E-state index in [0.29, 0.717) is 12.8 Å². The Morgan fingerprint density at radius 2 is 1.86 bits per heavy atom. The summed E-state index contributed by atoms with van der Waals surface area (Å²) < 4.78 is 5.05. The fraction of sp³-hybridized carbons (Fsp3) is 0.389. The summed E-state index contributed by atoms with van der Waals surface area (Å²) >= 11 is 1.10. The largest absolute Gasteiger partial charge is 0.451 e. The monoisotopic (exact) mass is 405 g/mol. The molecule has 0 unspecified atom stereocenters. The van der Waals surface area contributed by atoms with Crippen LogP contribution in [0.3, 0.4) is 0 Å². The Bertz CT molecular complexity index is 850. The highest BCUT2D eigenvalue weighted by atomic mass is 32.1. The molecule has 2 heterocycles. The molecular weight excluding hydrogens is 386 g/mol. The summed E-state index contributed by atoms with van der Waals surface area (Å²) in [6.45, 7) is 0.815. The molecule has 1 aromatic rings. The number of allylic oxidation sites excluding steroid dienone is 2. The number of nitrogens with zero attached hydrogens (tertiary/aromatic N) is 1. The van der Waals surface area contributed by atoms with Crippen LogP contribution >= 0.6 is 11.3 Å². The van der Waals surface area contributed by atoms with Crippen LogP contribution in [0.15, 0.2) is 23.6 Å². The highest BCUT2D eigenvalue weighted by molar-refractivity contribution is 7.14. The minimum absolute atomic E-state index is 0.154. The molecule has 3 N–H and O–H groups in total. The molecule has 28 heavy (non-hydrogen) atoms. The van der Waals surface area contributed by atoms with Gasteiger partial charge in [0.2, 0.25) is 11.8 Å². The van der Waals surface area contributed by atoms with E-state index >= 15 is 0 Å². The number of rotatable bonds is 6. The van der Waals surface area contributed by atoms with Crippen LogP contribution in [0.5, 0.6) is 0 Å². The van der Waals surface area contributed by atoms with Crippen molar-refractivity contribution in [2.24, 2.45) is 17.6 Å². The van der Waals surface area contributed by atoms with Crippen LogP contribution in [0.25, 0.3) is 0 Å².